The summed E-state index contributed by atoms with van der Waals surface area (Å²) < 4.78 is 5.92. The molecule has 1 aromatic carbocycles. The van der Waals surface area contributed by atoms with Gasteiger partial charge < -0.3 is 4.74 Å². The van der Waals surface area contributed by atoms with Crippen molar-refractivity contribution in [3.05, 3.63) is 30.3 Å². The van der Waals surface area contributed by atoms with E-state index in [9.17, 15) is 5.26 Å². The Bertz CT molecular complexity index is 424. The first-order valence-electron chi connectivity index (χ1n) is 6.54. The minimum absolute atomic E-state index is 0.137. The molecule has 2 rings (SSSR count). The highest BCUT2D eigenvalue weighted by molar-refractivity contribution is 5.22. The van der Waals surface area contributed by atoms with Crippen molar-refractivity contribution in [3.63, 3.8) is 0 Å². The maximum Gasteiger partial charge on any atom is 0.119 e. The number of hydrogen-bond acceptors (Lipinski definition) is 3. The van der Waals surface area contributed by atoms with Crippen molar-refractivity contribution in [2.75, 3.05) is 0 Å². The van der Waals surface area contributed by atoms with Gasteiger partial charge >= 0.3 is 0 Å². The maximum atomic E-state index is 9.38. The lowest BCUT2D eigenvalue weighted by atomic mass is 9.98. The normalized spacial score (nSPS) is 27.1. The number of para-hydroxylation sites is 1. The van der Waals surface area contributed by atoms with E-state index >= 15 is 0 Å². The van der Waals surface area contributed by atoms with Gasteiger partial charge in [0, 0.05) is 12.5 Å². The van der Waals surface area contributed by atoms with Crippen LogP contribution in [0.3, 0.4) is 0 Å². The quantitative estimate of drug-likeness (QED) is 0.885. The van der Waals surface area contributed by atoms with Crippen molar-refractivity contribution in [1.82, 2.24) is 5.32 Å². The van der Waals surface area contributed by atoms with E-state index in [1.807, 2.05) is 30.3 Å². The topological polar surface area (TPSA) is 45.0 Å². The zero-order valence-corrected chi connectivity index (χ0v) is 11.0. The van der Waals surface area contributed by atoms with Crippen LogP contribution < -0.4 is 10.1 Å². The summed E-state index contributed by atoms with van der Waals surface area (Å²) in [5.74, 6) is 0.890. The lowest BCUT2D eigenvalue weighted by molar-refractivity contribution is 0.199. The molecule has 2 unspecified atom stereocenters. The first-order valence-corrected chi connectivity index (χ1v) is 6.54. The van der Waals surface area contributed by atoms with Gasteiger partial charge in [0.05, 0.1) is 6.07 Å². The van der Waals surface area contributed by atoms with Crippen LogP contribution >= 0.6 is 0 Å². The molecule has 0 heterocycles. The average molecular weight is 244 g/mol. The fraction of sp³-hybridized carbons (Fsp3) is 0.533. The lowest BCUT2D eigenvalue weighted by Gasteiger charge is -2.25. The van der Waals surface area contributed by atoms with Gasteiger partial charge in [-0.15, -0.1) is 0 Å². The van der Waals surface area contributed by atoms with E-state index < -0.39 is 5.54 Å². The number of rotatable bonds is 4. The van der Waals surface area contributed by atoms with Gasteiger partial charge in [0.25, 0.3) is 0 Å². The summed E-state index contributed by atoms with van der Waals surface area (Å²) in [5.41, 5.74) is -0.409. The monoisotopic (exact) mass is 244 g/mol. The number of ether oxygens (including phenoxy) is 1. The van der Waals surface area contributed by atoms with E-state index in [-0.39, 0.29) is 6.10 Å². The van der Waals surface area contributed by atoms with Crippen molar-refractivity contribution in [2.45, 2.75) is 50.8 Å². The molecule has 96 valence electrons. The molecule has 18 heavy (non-hydrogen) atoms. The van der Waals surface area contributed by atoms with E-state index in [1.165, 1.54) is 0 Å². The van der Waals surface area contributed by atoms with E-state index in [0.717, 1.165) is 25.0 Å². The molecule has 0 aromatic heterocycles. The SMILES string of the molecule is CC(C)NC1(C#N)CCC(Oc2ccccc2)C1. The van der Waals surface area contributed by atoms with Crippen molar-refractivity contribution in [3.8, 4) is 11.8 Å². The molecule has 0 aliphatic heterocycles. The molecule has 0 spiro atoms. The van der Waals surface area contributed by atoms with Crippen LogP contribution in [-0.2, 0) is 0 Å². The van der Waals surface area contributed by atoms with Gasteiger partial charge in [-0.1, -0.05) is 18.2 Å². The predicted octanol–water partition coefficient (Wildman–Crippen LogP) is 2.88. The fourth-order valence-corrected chi connectivity index (χ4v) is 2.61. The lowest BCUT2D eigenvalue weighted by Crippen LogP contribution is -2.46. The van der Waals surface area contributed by atoms with Gasteiger partial charge in [-0.2, -0.15) is 5.26 Å². The predicted molar refractivity (Wildman–Crippen MR) is 71.3 cm³/mol. The molecule has 1 aromatic rings. The molecule has 0 amide bonds. The number of nitrogens with zero attached hydrogens (tertiary/aromatic N) is 1. The van der Waals surface area contributed by atoms with Crippen molar-refractivity contribution in [1.29, 1.82) is 5.26 Å². The Morgan fingerprint density at radius 3 is 2.72 bits per heavy atom. The number of hydrogen-bond donors (Lipinski definition) is 1. The van der Waals surface area contributed by atoms with E-state index in [0.29, 0.717) is 6.04 Å². The Morgan fingerprint density at radius 2 is 2.11 bits per heavy atom. The second kappa shape index (κ2) is 5.41. The van der Waals surface area contributed by atoms with Gasteiger partial charge in [-0.05, 0) is 38.8 Å². The molecule has 0 bridgehead atoms. The largest absolute Gasteiger partial charge is 0.490 e. The summed E-state index contributed by atoms with van der Waals surface area (Å²) in [4.78, 5) is 0. The Balaban J connectivity index is 1.97. The van der Waals surface area contributed by atoms with Crippen LogP contribution in [0, 0.1) is 11.3 Å². The first-order chi connectivity index (χ1) is 8.63. The van der Waals surface area contributed by atoms with Crippen LogP contribution in [-0.4, -0.2) is 17.7 Å². The van der Waals surface area contributed by atoms with Gasteiger partial charge in [0.15, 0.2) is 0 Å². The van der Waals surface area contributed by atoms with Gasteiger partial charge in [-0.25, -0.2) is 0 Å². The van der Waals surface area contributed by atoms with Crippen LogP contribution in [0.1, 0.15) is 33.1 Å². The van der Waals surface area contributed by atoms with Crippen LogP contribution in [0.15, 0.2) is 30.3 Å². The third-order valence-electron chi connectivity index (χ3n) is 3.29. The summed E-state index contributed by atoms with van der Waals surface area (Å²) in [7, 11) is 0. The third-order valence-corrected chi connectivity index (χ3v) is 3.29. The Morgan fingerprint density at radius 1 is 1.39 bits per heavy atom. The van der Waals surface area contributed by atoms with Crippen LogP contribution in [0.25, 0.3) is 0 Å². The Kier molecular flexibility index (Phi) is 3.88. The molecular weight excluding hydrogens is 224 g/mol. The molecule has 2 atom stereocenters. The molecule has 1 aliphatic rings. The number of benzene rings is 1. The minimum atomic E-state index is -0.409. The molecule has 1 N–H and O–H groups in total. The standard InChI is InChI=1S/C15H20N2O/c1-12(2)17-15(11-16)9-8-14(10-15)18-13-6-4-3-5-7-13/h3-7,12,14,17H,8-10H2,1-2H3. The van der Waals surface area contributed by atoms with E-state index in [4.69, 9.17) is 4.74 Å². The van der Waals surface area contributed by atoms with Crippen molar-refractivity contribution in [2.24, 2.45) is 0 Å². The highest BCUT2D eigenvalue weighted by atomic mass is 16.5. The minimum Gasteiger partial charge on any atom is -0.490 e. The molecule has 0 saturated heterocycles. The molecule has 3 nitrogen and oxygen atoms in total. The molecule has 0 radical (unpaired) electrons. The zero-order valence-electron chi connectivity index (χ0n) is 11.0. The molecule has 1 fully saturated rings. The van der Waals surface area contributed by atoms with E-state index in [1.54, 1.807) is 0 Å². The second-order valence-corrected chi connectivity index (χ2v) is 5.29. The Hall–Kier alpha value is -1.53. The van der Waals surface area contributed by atoms with Crippen LogP contribution in [0.4, 0.5) is 0 Å². The number of nitrogens with one attached hydrogen (secondary N) is 1. The number of nitriles is 1. The smallest absolute Gasteiger partial charge is 0.119 e. The van der Waals surface area contributed by atoms with Crippen LogP contribution in [0.2, 0.25) is 0 Å². The maximum absolute atomic E-state index is 9.38. The summed E-state index contributed by atoms with van der Waals surface area (Å²) in [6.07, 6.45) is 2.69. The highest BCUT2D eigenvalue weighted by Gasteiger charge is 2.40. The molecule has 1 saturated carbocycles. The summed E-state index contributed by atoms with van der Waals surface area (Å²) >= 11 is 0. The van der Waals surface area contributed by atoms with E-state index in [2.05, 4.69) is 25.2 Å². The average Bonchev–Trinajstić information content (AvgIpc) is 2.73. The zero-order chi connectivity index (χ0) is 13.0. The molecule has 3 heteroatoms. The fourth-order valence-electron chi connectivity index (χ4n) is 2.61. The van der Waals surface area contributed by atoms with Gasteiger partial charge in [0.1, 0.15) is 17.4 Å². The summed E-state index contributed by atoms with van der Waals surface area (Å²) in [6.45, 7) is 4.15. The van der Waals surface area contributed by atoms with Gasteiger partial charge in [-0.3, -0.25) is 5.32 Å². The van der Waals surface area contributed by atoms with Crippen LogP contribution in [0.5, 0.6) is 5.75 Å². The van der Waals surface area contributed by atoms with Gasteiger partial charge in [0.2, 0.25) is 0 Å². The van der Waals surface area contributed by atoms with Crippen molar-refractivity contribution >= 4 is 0 Å². The summed E-state index contributed by atoms with van der Waals surface area (Å²) in [6, 6.07) is 12.6. The first kappa shape index (κ1) is 12.9. The Labute approximate surface area is 109 Å². The third kappa shape index (κ3) is 3.02. The van der Waals surface area contributed by atoms with Crippen molar-refractivity contribution < 1.29 is 4.74 Å². The highest BCUT2D eigenvalue weighted by Crippen LogP contribution is 2.32. The summed E-state index contributed by atoms with van der Waals surface area (Å²) in [5, 5.41) is 12.8. The molecule has 1 aliphatic carbocycles. The second-order valence-electron chi connectivity index (χ2n) is 5.29. The molecular formula is C15H20N2O.